The van der Waals surface area contributed by atoms with Crippen molar-refractivity contribution in [3.63, 3.8) is 0 Å². The highest BCUT2D eigenvalue weighted by Gasteiger charge is 2.44. The molecule has 0 radical (unpaired) electrons. The fraction of sp³-hybridized carbons (Fsp3) is 0.360. The molecule has 3 aliphatic heterocycles. The molecule has 0 spiro atoms. The number of aryl methyl sites for hydroxylation is 1. The molecule has 3 aliphatic rings. The van der Waals surface area contributed by atoms with Gasteiger partial charge in [0.2, 0.25) is 11.8 Å². The number of fused-ring (bicyclic) bond motifs is 1. The molecular formula is C25H26N4O4. The molecule has 5 rings (SSSR count). The molecule has 33 heavy (non-hydrogen) atoms. The van der Waals surface area contributed by atoms with Gasteiger partial charge in [-0.05, 0) is 43.2 Å². The van der Waals surface area contributed by atoms with Gasteiger partial charge in [0.25, 0.3) is 11.8 Å². The number of carbonyl (C=O) groups is 4. The maximum Gasteiger partial charge on any atom is 0.262 e. The summed E-state index contributed by atoms with van der Waals surface area (Å²) in [6.07, 6.45) is 0.276. The number of anilines is 1. The standard InChI is InChI=1S/C25H26N4O4/c1-16-2-5-18(6-3-16)28-12-10-27(11-13-28)15-17-4-7-19-20(14-17)25(33)29(24(19)32)21-8-9-22(30)26-23(21)31/h2-7,14,21H,8-13,15H2,1H3,(H,26,30,31). The molecule has 2 aromatic carbocycles. The van der Waals surface area contributed by atoms with Gasteiger partial charge in [0.1, 0.15) is 6.04 Å². The molecule has 1 atom stereocenters. The molecule has 1 N–H and O–H groups in total. The molecule has 2 aromatic rings. The summed E-state index contributed by atoms with van der Waals surface area (Å²) < 4.78 is 0. The lowest BCUT2D eigenvalue weighted by atomic mass is 10.0. The zero-order valence-electron chi connectivity index (χ0n) is 18.5. The summed E-state index contributed by atoms with van der Waals surface area (Å²) in [6.45, 7) is 6.43. The Labute approximate surface area is 192 Å². The van der Waals surface area contributed by atoms with Crippen molar-refractivity contribution in [1.29, 1.82) is 0 Å². The van der Waals surface area contributed by atoms with E-state index >= 15 is 0 Å². The molecule has 2 fully saturated rings. The average Bonchev–Trinajstić information content (AvgIpc) is 3.05. The monoisotopic (exact) mass is 446 g/mol. The smallest absolute Gasteiger partial charge is 0.262 e. The lowest BCUT2D eigenvalue weighted by Crippen LogP contribution is -2.54. The summed E-state index contributed by atoms with van der Waals surface area (Å²) in [7, 11) is 0. The maximum atomic E-state index is 13.0. The Hall–Kier alpha value is -3.52. The Balaban J connectivity index is 1.25. The van der Waals surface area contributed by atoms with E-state index in [-0.39, 0.29) is 18.7 Å². The van der Waals surface area contributed by atoms with Crippen molar-refractivity contribution in [3.8, 4) is 0 Å². The highest BCUT2D eigenvalue weighted by molar-refractivity contribution is 6.23. The zero-order chi connectivity index (χ0) is 23.1. The summed E-state index contributed by atoms with van der Waals surface area (Å²) in [5.74, 6) is -1.90. The van der Waals surface area contributed by atoms with Crippen LogP contribution in [0.4, 0.5) is 5.69 Å². The van der Waals surface area contributed by atoms with Gasteiger partial charge >= 0.3 is 0 Å². The van der Waals surface area contributed by atoms with Crippen molar-refractivity contribution < 1.29 is 19.2 Å². The first kappa shape index (κ1) is 21.3. The number of rotatable bonds is 4. The Kier molecular flexibility index (Phi) is 5.46. The van der Waals surface area contributed by atoms with E-state index in [1.54, 1.807) is 12.1 Å². The molecule has 8 nitrogen and oxygen atoms in total. The van der Waals surface area contributed by atoms with Gasteiger partial charge in [0.05, 0.1) is 11.1 Å². The number of hydrogen-bond donors (Lipinski definition) is 1. The van der Waals surface area contributed by atoms with Gasteiger partial charge in [-0.15, -0.1) is 0 Å². The number of piperazine rings is 1. The van der Waals surface area contributed by atoms with Crippen LogP contribution < -0.4 is 10.2 Å². The normalized spacial score (nSPS) is 21.4. The third-order valence-electron chi connectivity index (χ3n) is 6.68. The summed E-state index contributed by atoms with van der Waals surface area (Å²) in [5.41, 5.74) is 4.09. The second-order valence-electron chi connectivity index (χ2n) is 8.93. The van der Waals surface area contributed by atoms with Gasteiger partial charge < -0.3 is 4.90 Å². The molecule has 0 aliphatic carbocycles. The second-order valence-corrected chi connectivity index (χ2v) is 8.93. The largest absolute Gasteiger partial charge is 0.369 e. The first-order chi connectivity index (χ1) is 15.9. The Morgan fingerprint density at radius 1 is 0.879 bits per heavy atom. The predicted octanol–water partition coefficient (Wildman–Crippen LogP) is 1.72. The number of amides is 4. The van der Waals surface area contributed by atoms with Crippen LogP contribution in [-0.2, 0) is 16.1 Å². The zero-order valence-corrected chi connectivity index (χ0v) is 18.5. The summed E-state index contributed by atoms with van der Waals surface area (Å²) in [4.78, 5) is 55.3. The van der Waals surface area contributed by atoms with E-state index in [4.69, 9.17) is 0 Å². The Morgan fingerprint density at radius 2 is 1.58 bits per heavy atom. The third kappa shape index (κ3) is 4.02. The number of nitrogens with zero attached hydrogens (tertiary/aromatic N) is 3. The van der Waals surface area contributed by atoms with E-state index in [2.05, 4.69) is 46.3 Å². The lowest BCUT2D eigenvalue weighted by molar-refractivity contribution is -0.136. The van der Waals surface area contributed by atoms with Crippen LogP contribution in [0.25, 0.3) is 0 Å². The van der Waals surface area contributed by atoms with E-state index in [0.29, 0.717) is 17.7 Å². The van der Waals surface area contributed by atoms with Crippen LogP contribution in [0.3, 0.4) is 0 Å². The molecule has 8 heteroatoms. The Bertz CT molecular complexity index is 1140. The predicted molar refractivity (Wildman–Crippen MR) is 122 cm³/mol. The quantitative estimate of drug-likeness (QED) is 0.720. The van der Waals surface area contributed by atoms with Crippen LogP contribution in [0.1, 0.15) is 44.7 Å². The number of hydrogen-bond acceptors (Lipinski definition) is 6. The van der Waals surface area contributed by atoms with Crippen molar-refractivity contribution in [2.75, 3.05) is 31.1 Å². The number of nitrogens with one attached hydrogen (secondary N) is 1. The highest BCUT2D eigenvalue weighted by atomic mass is 16.2. The SMILES string of the molecule is Cc1ccc(N2CCN(Cc3ccc4c(c3)C(=O)N(C3CCC(=O)NC3=O)C4=O)CC2)cc1. The van der Waals surface area contributed by atoms with Crippen molar-refractivity contribution in [2.45, 2.75) is 32.4 Å². The van der Waals surface area contributed by atoms with E-state index in [1.165, 1.54) is 11.3 Å². The fourth-order valence-electron chi connectivity index (χ4n) is 4.79. The molecule has 2 saturated heterocycles. The molecule has 1 unspecified atom stereocenters. The summed E-state index contributed by atoms with van der Waals surface area (Å²) in [5, 5.41) is 2.22. The molecule has 0 saturated carbocycles. The number of carbonyl (C=O) groups excluding carboxylic acids is 4. The molecular weight excluding hydrogens is 420 g/mol. The first-order valence-electron chi connectivity index (χ1n) is 11.3. The van der Waals surface area contributed by atoms with Crippen LogP contribution in [0, 0.1) is 6.92 Å². The highest BCUT2D eigenvalue weighted by Crippen LogP contribution is 2.29. The molecule has 3 heterocycles. The summed E-state index contributed by atoms with van der Waals surface area (Å²) >= 11 is 0. The van der Waals surface area contributed by atoms with Crippen LogP contribution in [-0.4, -0.2) is 65.6 Å². The van der Waals surface area contributed by atoms with Crippen molar-refractivity contribution >= 4 is 29.3 Å². The molecule has 0 bridgehead atoms. The topological polar surface area (TPSA) is 90.0 Å². The van der Waals surface area contributed by atoms with Crippen molar-refractivity contribution in [2.24, 2.45) is 0 Å². The molecule has 170 valence electrons. The molecule has 0 aromatic heterocycles. The van der Waals surface area contributed by atoms with E-state index < -0.39 is 23.8 Å². The fourth-order valence-corrected chi connectivity index (χ4v) is 4.79. The number of imide groups is 2. The number of piperidine rings is 1. The second kappa shape index (κ2) is 8.44. The van der Waals surface area contributed by atoms with Gasteiger partial charge in [-0.2, -0.15) is 0 Å². The maximum absolute atomic E-state index is 13.0. The van der Waals surface area contributed by atoms with Crippen LogP contribution >= 0.6 is 0 Å². The first-order valence-corrected chi connectivity index (χ1v) is 11.3. The van der Waals surface area contributed by atoms with Crippen LogP contribution in [0.5, 0.6) is 0 Å². The van der Waals surface area contributed by atoms with Crippen molar-refractivity contribution in [1.82, 2.24) is 15.1 Å². The van der Waals surface area contributed by atoms with Crippen LogP contribution in [0.2, 0.25) is 0 Å². The lowest BCUT2D eigenvalue weighted by Gasteiger charge is -2.36. The van der Waals surface area contributed by atoms with Gasteiger partial charge in [-0.3, -0.25) is 34.3 Å². The Morgan fingerprint density at radius 3 is 2.27 bits per heavy atom. The summed E-state index contributed by atoms with van der Waals surface area (Å²) in [6, 6.07) is 13.0. The van der Waals surface area contributed by atoms with E-state index in [9.17, 15) is 19.2 Å². The van der Waals surface area contributed by atoms with E-state index in [1.807, 2.05) is 6.07 Å². The minimum atomic E-state index is -0.937. The van der Waals surface area contributed by atoms with Gasteiger partial charge in [0.15, 0.2) is 0 Å². The van der Waals surface area contributed by atoms with Gasteiger partial charge in [0, 0.05) is 44.8 Å². The average molecular weight is 447 g/mol. The van der Waals surface area contributed by atoms with Crippen molar-refractivity contribution in [3.05, 3.63) is 64.7 Å². The van der Waals surface area contributed by atoms with E-state index in [0.717, 1.165) is 36.6 Å². The number of benzene rings is 2. The minimum Gasteiger partial charge on any atom is -0.369 e. The van der Waals surface area contributed by atoms with Crippen LogP contribution in [0.15, 0.2) is 42.5 Å². The minimum absolute atomic E-state index is 0.115. The third-order valence-corrected chi connectivity index (χ3v) is 6.68. The van der Waals surface area contributed by atoms with Gasteiger partial charge in [-0.25, -0.2) is 0 Å². The van der Waals surface area contributed by atoms with Gasteiger partial charge in [-0.1, -0.05) is 23.8 Å². The molecule has 4 amide bonds.